The first-order valence-electron chi connectivity index (χ1n) is 8.06. The molecule has 0 N–H and O–H groups in total. The Morgan fingerprint density at radius 3 is 2.48 bits per heavy atom. The molecule has 3 rings (SSSR count). The topological polar surface area (TPSA) is 29.0 Å². The molecule has 2 aromatic heterocycles. The summed E-state index contributed by atoms with van der Waals surface area (Å²) in [6.45, 7) is 11.3. The number of aryl methyl sites for hydroxylation is 2. The second kappa shape index (κ2) is 5.91. The standard InChI is InChI=1S/C17H25N3S/c1-11(2)8-20(9-12(3)4)16-15-13-6-5-7-14(13)21-17(15)19-10-18-16/h10-12H,5-9H2,1-4H3. The summed E-state index contributed by atoms with van der Waals surface area (Å²) in [7, 11) is 0. The predicted molar refractivity (Wildman–Crippen MR) is 91.3 cm³/mol. The van der Waals surface area contributed by atoms with Crippen LogP contribution in [0.2, 0.25) is 0 Å². The Labute approximate surface area is 131 Å². The first-order valence-corrected chi connectivity index (χ1v) is 8.88. The average Bonchev–Trinajstić information content (AvgIpc) is 2.96. The van der Waals surface area contributed by atoms with Crippen molar-refractivity contribution in [3.8, 4) is 0 Å². The largest absolute Gasteiger partial charge is 0.355 e. The van der Waals surface area contributed by atoms with Gasteiger partial charge in [-0.05, 0) is 36.7 Å². The monoisotopic (exact) mass is 303 g/mol. The van der Waals surface area contributed by atoms with E-state index < -0.39 is 0 Å². The van der Waals surface area contributed by atoms with Crippen molar-refractivity contribution in [3.63, 3.8) is 0 Å². The van der Waals surface area contributed by atoms with Crippen LogP contribution in [0.3, 0.4) is 0 Å². The van der Waals surface area contributed by atoms with Gasteiger partial charge in [0.25, 0.3) is 0 Å². The molecule has 0 aromatic carbocycles. The second-order valence-electron chi connectivity index (χ2n) is 6.93. The molecule has 0 radical (unpaired) electrons. The molecule has 0 saturated heterocycles. The molecule has 0 bridgehead atoms. The number of nitrogens with zero attached hydrogens (tertiary/aromatic N) is 3. The summed E-state index contributed by atoms with van der Waals surface area (Å²) in [5, 5.41) is 1.34. The van der Waals surface area contributed by atoms with Crippen LogP contribution in [0.5, 0.6) is 0 Å². The predicted octanol–water partition coefficient (Wildman–Crippen LogP) is 4.30. The highest BCUT2D eigenvalue weighted by Crippen LogP contribution is 2.40. The summed E-state index contributed by atoms with van der Waals surface area (Å²) in [6.07, 6.45) is 5.47. The van der Waals surface area contributed by atoms with Crippen molar-refractivity contribution in [3.05, 3.63) is 16.8 Å². The second-order valence-corrected chi connectivity index (χ2v) is 8.01. The zero-order chi connectivity index (χ0) is 15.0. The van der Waals surface area contributed by atoms with Gasteiger partial charge < -0.3 is 4.90 Å². The van der Waals surface area contributed by atoms with Crippen LogP contribution in [0.4, 0.5) is 5.82 Å². The highest BCUT2D eigenvalue weighted by molar-refractivity contribution is 7.19. The third-order valence-electron chi connectivity index (χ3n) is 3.95. The lowest BCUT2D eigenvalue weighted by molar-refractivity contribution is 0.550. The lowest BCUT2D eigenvalue weighted by atomic mass is 10.1. The van der Waals surface area contributed by atoms with E-state index in [4.69, 9.17) is 0 Å². The maximum atomic E-state index is 4.68. The van der Waals surface area contributed by atoms with Gasteiger partial charge in [0.1, 0.15) is 17.0 Å². The van der Waals surface area contributed by atoms with E-state index in [0.717, 1.165) is 13.1 Å². The summed E-state index contributed by atoms with van der Waals surface area (Å²) in [4.78, 5) is 14.4. The first-order chi connectivity index (χ1) is 10.1. The van der Waals surface area contributed by atoms with Crippen molar-refractivity contribution in [2.24, 2.45) is 11.8 Å². The van der Waals surface area contributed by atoms with E-state index in [2.05, 4.69) is 42.6 Å². The highest BCUT2D eigenvalue weighted by atomic mass is 32.1. The van der Waals surface area contributed by atoms with Gasteiger partial charge in [-0.1, -0.05) is 27.7 Å². The molecule has 0 aliphatic heterocycles. The van der Waals surface area contributed by atoms with E-state index in [1.165, 1.54) is 40.9 Å². The highest BCUT2D eigenvalue weighted by Gasteiger charge is 2.24. The summed E-state index contributed by atoms with van der Waals surface area (Å²) in [5.41, 5.74) is 1.53. The van der Waals surface area contributed by atoms with Crippen LogP contribution in [0.25, 0.3) is 10.2 Å². The van der Waals surface area contributed by atoms with Crippen LogP contribution < -0.4 is 4.90 Å². The number of anilines is 1. The van der Waals surface area contributed by atoms with Crippen molar-refractivity contribution in [1.29, 1.82) is 0 Å². The fraction of sp³-hybridized carbons (Fsp3) is 0.647. The van der Waals surface area contributed by atoms with E-state index in [0.29, 0.717) is 11.8 Å². The van der Waals surface area contributed by atoms with Crippen LogP contribution >= 0.6 is 11.3 Å². The summed E-state index contributed by atoms with van der Waals surface area (Å²) < 4.78 is 0. The summed E-state index contributed by atoms with van der Waals surface area (Å²) in [6, 6.07) is 0. The molecule has 4 heteroatoms. The van der Waals surface area contributed by atoms with Crippen LogP contribution in [0.1, 0.15) is 44.6 Å². The molecular weight excluding hydrogens is 278 g/mol. The molecule has 0 saturated carbocycles. The van der Waals surface area contributed by atoms with E-state index >= 15 is 0 Å². The van der Waals surface area contributed by atoms with Crippen molar-refractivity contribution in [2.75, 3.05) is 18.0 Å². The van der Waals surface area contributed by atoms with Gasteiger partial charge in [-0.2, -0.15) is 0 Å². The molecule has 0 atom stereocenters. The molecule has 114 valence electrons. The zero-order valence-corrected chi connectivity index (χ0v) is 14.3. The van der Waals surface area contributed by atoms with Gasteiger partial charge in [0.15, 0.2) is 0 Å². The Balaban J connectivity index is 2.08. The van der Waals surface area contributed by atoms with E-state index in [9.17, 15) is 0 Å². The molecule has 0 fully saturated rings. The molecule has 3 nitrogen and oxygen atoms in total. The summed E-state index contributed by atoms with van der Waals surface area (Å²) in [5.74, 6) is 2.45. The minimum absolute atomic E-state index is 0.639. The smallest absolute Gasteiger partial charge is 0.141 e. The van der Waals surface area contributed by atoms with Gasteiger partial charge in [-0.3, -0.25) is 0 Å². The number of fused-ring (bicyclic) bond motifs is 3. The van der Waals surface area contributed by atoms with Gasteiger partial charge in [-0.15, -0.1) is 11.3 Å². The van der Waals surface area contributed by atoms with Crippen LogP contribution in [0.15, 0.2) is 6.33 Å². The molecule has 1 aliphatic rings. The average molecular weight is 303 g/mol. The Morgan fingerprint density at radius 2 is 1.81 bits per heavy atom. The van der Waals surface area contributed by atoms with E-state index in [1.807, 2.05) is 11.3 Å². The molecule has 0 amide bonds. The van der Waals surface area contributed by atoms with Crippen molar-refractivity contribution in [2.45, 2.75) is 47.0 Å². The van der Waals surface area contributed by atoms with Crippen LogP contribution in [-0.2, 0) is 12.8 Å². The number of hydrogen-bond donors (Lipinski definition) is 0. The molecule has 0 unspecified atom stereocenters. The Morgan fingerprint density at radius 1 is 1.10 bits per heavy atom. The van der Waals surface area contributed by atoms with Gasteiger partial charge in [0.05, 0.1) is 5.39 Å². The SMILES string of the molecule is CC(C)CN(CC(C)C)c1ncnc2sc3c(c12)CCC3. The minimum Gasteiger partial charge on any atom is -0.355 e. The number of thiophene rings is 1. The lowest BCUT2D eigenvalue weighted by Gasteiger charge is -2.28. The third kappa shape index (κ3) is 2.91. The van der Waals surface area contributed by atoms with Gasteiger partial charge >= 0.3 is 0 Å². The van der Waals surface area contributed by atoms with Crippen LogP contribution in [0, 0.1) is 11.8 Å². The normalized spacial score (nSPS) is 14.4. The third-order valence-corrected chi connectivity index (χ3v) is 5.15. The molecule has 21 heavy (non-hydrogen) atoms. The van der Waals surface area contributed by atoms with Gasteiger partial charge in [0.2, 0.25) is 0 Å². The molecular formula is C17H25N3S. The molecule has 2 heterocycles. The number of rotatable bonds is 5. The maximum absolute atomic E-state index is 4.68. The fourth-order valence-corrected chi connectivity index (χ4v) is 4.50. The Hall–Kier alpha value is -1.16. The fourth-order valence-electron chi connectivity index (χ4n) is 3.28. The van der Waals surface area contributed by atoms with Gasteiger partial charge in [-0.25, -0.2) is 9.97 Å². The molecule has 2 aromatic rings. The Kier molecular flexibility index (Phi) is 4.16. The first kappa shape index (κ1) is 14.8. The van der Waals surface area contributed by atoms with Crippen molar-refractivity contribution in [1.82, 2.24) is 9.97 Å². The van der Waals surface area contributed by atoms with E-state index in [1.54, 1.807) is 11.2 Å². The van der Waals surface area contributed by atoms with E-state index in [-0.39, 0.29) is 0 Å². The quantitative estimate of drug-likeness (QED) is 0.824. The van der Waals surface area contributed by atoms with Gasteiger partial charge in [0, 0.05) is 18.0 Å². The number of hydrogen-bond acceptors (Lipinski definition) is 4. The molecule has 0 spiro atoms. The van der Waals surface area contributed by atoms with Crippen molar-refractivity contribution < 1.29 is 0 Å². The van der Waals surface area contributed by atoms with Crippen molar-refractivity contribution >= 4 is 27.4 Å². The summed E-state index contributed by atoms with van der Waals surface area (Å²) >= 11 is 1.88. The number of aromatic nitrogens is 2. The lowest BCUT2D eigenvalue weighted by Crippen LogP contribution is -2.32. The maximum Gasteiger partial charge on any atom is 0.141 e. The Bertz CT molecular complexity index is 620. The molecule has 1 aliphatic carbocycles. The van der Waals surface area contributed by atoms with Crippen LogP contribution in [-0.4, -0.2) is 23.1 Å². The zero-order valence-electron chi connectivity index (χ0n) is 13.5. The minimum atomic E-state index is 0.639.